The van der Waals surface area contributed by atoms with Crippen molar-refractivity contribution >= 4 is 43.6 Å². The number of carbonyl (C=O) groups excluding carboxylic acids is 1. The van der Waals surface area contributed by atoms with Gasteiger partial charge in [0.05, 0.1) is 9.89 Å². The third-order valence-corrected chi connectivity index (χ3v) is 4.17. The van der Waals surface area contributed by atoms with E-state index in [1.807, 2.05) is 13.0 Å². The summed E-state index contributed by atoms with van der Waals surface area (Å²) in [6, 6.07) is 1.95. The van der Waals surface area contributed by atoms with E-state index in [1.165, 1.54) is 0 Å². The van der Waals surface area contributed by atoms with Crippen molar-refractivity contribution in [2.24, 2.45) is 11.1 Å². The molecule has 1 amide bonds. The SMILES string of the molecule is CC1(C(N)=O)CCN(c2ncc(Br)cc2Br)C1. The molecule has 0 aliphatic carbocycles. The Labute approximate surface area is 117 Å². The van der Waals surface area contributed by atoms with Gasteiger partial charge in [0, 0.05) is 23.8 Å². The summed E-state index contributed by atoms with van der Waals surface area (Å²) in [7, 11) is 0. The summed E-state index contributed by atoms with van der Waals surface area (Å²) in [4.78, 5) is 17.8. The maximum absolute atomic E-state index is 11.4. The van der Waals surface area contributed by atoms with Crippen LogP contribution in [0, 0.1) is 5.41 Å². The van der Waals surface area contributed by atoms with Crippen LogP contribution in [0.15, 0.2) is 21.2 Å². The van der Waals surface area contributed by atoms with Crippen molar-refractivity contribution in [1.82, 2.24) is 4.98 Å². The van der Waals surface area contributed by atoms with Crippen molar-refractivity contribution in [2.75, 3.05) is 18.0 Å². The number of nitrogens with zero attached hydrogens (tertiary/aromatic N) is 2. The van der Waals surface area contributed by atoms with Crippen molar-refractivity contribution in [3.63, 3.8) is 0 Å². The highest BCUT2D eigenvalue weighted by Crippen LogP contribution is 2.35. The summed E-state index contributed by atoms with van der Waals surface area (Å²) in [5.41, 5.74) is 4.98. The fraction of sp³-hybridized carbons (Fsp3) is 0.455. The number of rotatable bonds is 2. The molecule has 4 nitrogen and oxygen atoms in total. The van der Waals surface area contributed by atoms with E-state index < -0.39 is 5.41 Å². The minimum absolute atomic E-state index is 0.242. The average molecular weight is 363 g/mol. The molecule has 1 aromatic heterocycles. The fourth-order valence-corrected chi connectivity index (χ4v) is 3.22. The first-order valence-corrected chi connectivity index (χ1v) is 6.87. The summed E-state index contributed by atoms with van der Waals surface area (Å²) in [6.45, 7) is 3.32. The lowest BCUT2D eigenvalue weighted by molar-refractivity contribution is -0.125. The van der Waals surface area contributed by atoms with Gasteiger partial charge in [-0.1, -0.05) is 0 Å². The van der Waals surface area contributed by atoms with Crippen LogP contribution < -0.4 is 10.6 Å². The number of carbonyl (C=O) groups is 1. The molecule has 1 atom stereocenters. The average Bonchev–Trinajstić information content (AvgIpc) is 2.62. The summed E-state index contributed by atoms with van der Waals surface area (Å²) in [5.74, 6) is 0.617. The maximum Gasteiger partial charge on any atom is 0.225 e. The largest absolute Gasteiger partial charge is 0.369 e. The third kappa shape index (κ3) is 2.47. The van der Waals surface area contributed by atoms with E-state index in [0.29, 0.717) is 6.54 Å². The van der Waals surface area contributed by atoms with Crippen LogP contribution in [-0.4, -0.2) is 24.0 Å². The van der Waals surface area contributed by atoms with Crippen LogP contribution in [0.1, 0.15) is 13.3 Å². The van der Waals surface area contributed by atoms with Gasteiger partial charge in [-0.15, -0.1) is 0 Å². The van der Waals surface area contributed by atoms with Gasteiger partial charge in [0.25, 0.3) is 0 Å². The van der Waals surface area contributed by atoms with E-state index in [2.05, 4.69) is 41.7 Å². The van der Waals surface area contributed by atoms with Crippen molar-refractivity contribution in [3.8, 4) is 0 Å². The monoisotopic (exact) mass is 361 g/mol. The van der Waals surface area contributed by atoms with Gasteiger partial charge in [-0.25, -0.2) is 4.98 Å². The van der Waals surface area contributed by atoms with E-state index >= 15 is 0 Å². The molecule has 92 valence electrons. The topological polar surface area (TPSA) is 59.2 Å². The molecule has 1 fully saturated rings. The van der Waals surface area contributed by atoms with Crippen LogP contribution in [-0.2, 0) is 4.79 Å². The highest BCUT2D eigenvalue weighted by Gasteiger charge is 2.39. The van der Waals surface area contributed by atoms with Crippen LogP contribution in [0.25, 0.3) is 0 Å². The number of halogens is 2. The first-order valence-electron chi connectivity index (χ1n) is 5.28. The summed E-state index contributed by atoms with van der Waals surface area (Å²) < 4.78 is 1.84. The predicted molar refractivity (Wildman–Crippen MR) is 73.8 cm³/mol. The Morgan fingerprint density at radius 1 is 1.59 bits per heavy atom. The third-order valence-electron chi connectivity index (χ3n) is 3.16. The molecular formula is C11H13Br2N3O. The van der Waals surface area contributed by atoms with Gasteiger partial charge >= 0.3 is 0 Å². The van der Waals surface area contributed by atoms with Gasteiger partial charge in [-0.3, -0.25) is 4.79 Å². The second-order valence-electron chi connectivity index (χ2n) is 4.56. The Balaban J connectivity index is 2.24. The van der Waals surface area contributed by atoms with E-state index in [9.17, 15) is 4.79 Å². The minimum Gasteiger partial charge on any atom is -0.369 e. The number of primary amides is 1. The molecule has 2 rings (SSSR count). The molecule has 0 aromatic carbocycles. The lowest BCUT2D eigenvalue weighted by Gasteiger charge is -2.22. The number of aromatic nitrogens is 1. The maximum atomic E-state index is 11.4. The molecule has 1 aliphatic rings. The smallest absolute Gasteiger partial charge is 0.225 e. The zero-order chi connectivity index (χ0) is 12.6. The molecule has 1 aliphatic heterocycles. The summed E-state index contributed by atoms with van der Waals surface area (Å²) in [6.07, 6.45) is 2.52. The van der Waals surface area contributed by atoms with Crippen molar-refractivity contribution in [2.45, 2.75) is 13.3 Å². The summed E-state index contributed by atoms with van der Waals surface area (Å²) >= 11 is 6.85. The Hall–Kier alpha value is -0.620. The minimum atomic E-state index is -0.450. The molecule has 0 bridgehead atoms. The lowest BCUT2D eigenvalue weighted by Crippen LogP contribution is -2.37. The van der Waals surface area contributed by atoms with E-state index in [4.69, 9.17) is 5.73 Å². The highest BCUT2D eigenvalue weighted by atomic mass is 79.9. The first-order chi connectivity index (χ1) is 7.92. The van der Waals surface area contributed by atoms with Crippen LogP contribution in [0.3, 0.4) is 0 Å². The van der Waals surface area contributed by atoms with Gasteiger partial charge < -0.3 is 10.6 Å². The van der Waals surface area contributed by atoms with Crippen LogP contribution in [0.5, 0.6) is 0 Å². The Bertz CT molecular complexity index is 466. The fourth-order valence-electron chi connectivity index (χ4n) is 1.98. The first kappa shape index (κ1) is 12.8. The second kappa shape index (κ2) is 4.57. The van der Waals surface area contributed by atoms with E-state index in [1.54, 1.807) is 6.20 Å². The number of hydrogen-bond acceptors (Lipinski definition) is 3. The molecule has 0 radical (unpaired) electrons. The lowest BCUT2D eigenvalue weighted by atomic mass is 9.89. The van der Waals surface area contributed by atoms with Crippen LogP contribution >= 0.6 is 31.9 Å². The van der Waals surface area contributed by atoms with E-state index in [0.717, 1.165) is 27.7 Å². The van der Waals surface area contributed by atoms with Gasteiger partial charge in [-0.05, 0) is 51.3 Å². The molecule has 1 saturated heterocycles. The number of nitrogens with two attached hydrogens (primary N) is 1. The predicted octanol–water partition coefficient (Wildman–Crippen LogP) is 2.31. The number of pyridine rings is 1. The zero-order valence-electron chi connectivity index (χ0n) is 9.41. The van der Waals surface area contributed by atoms with Crippen molar-refractivity contribution < 1.29 is 4.79 Å². The van der Waals surface area contributed by atoms with Crippen molar-refractivity contribution in [1.29, 1.82) is 0 Å². The Morgan fingerprint density at radius 2 is 2.29 bits per heavy atom. The molecule has 1 aromatic rings. The quantitative estimate of drug-likeness (QED) is 0.878. The molecule has 17 heavy (non-hydrogen) atoms. The molecule has 0 spiro atoms. The van der Waals surface area contributed by atoms with Crippen LogP contribution in [0.4, 0.5) is 5.82 Å². The van der Waals surface area contributed by atoms with Gasteiger partial charge in [0.1, 0.15) is 5.82 Å². The zero-order valence-corrected chi connectivity index (χ0v) is 12.6. The number of amides is 1. The Kier molecular flexibility index (Phi) is 3.45. The molecular weight excluding hydrogens is 350 g/mol. The second-order valence-corrected chi connectivity index (χ2v) is 6.33. The van der Waals surface area contributed by atoms with E-state index in [-0.39, 0.29) is 5.91 Å². The standard InChI is InChI=1S/C11H13Br2N3O/c1-11(10(14)17)2-3-16(6-11)9-8(13)4-7(12)5-15-9/h4-5H,2-3,6H2,1H3,(H2,14,17). The van der Waals surface area contributed by atoms with Gasteiger partial charge in [0.2, 0.25) is 5.91 Å². The molecule has 2 N–H and O–H groups in total. The molecule has 6 heteroatoms. The van der Waals surface area contributed by atoms with Crippen molar-refractivity contribution in [3.05, 3.63) is 21.2 Å². The Morgan fingerprint density at radius 3 is 2.82 bits per heavy atom. The summed E-state index contributed by atoms with van der Waals surface area (Å²) in [5, 5.41) is 0. The van der Waals surface area contributed by atoms with Crippen LogP contribution in [0.2, 0.25) is 0 Å². The normalized spacial score (nSPS) is 24.1. The van der Waals surface area contributed by atoms with Gasteiger partial charge in [0.15, 0.2) is 0 Å². The molecule has 0 saturated carbocycles. The van der Waals surface area contributed by atoms with Gasteiger partial charge in [-0.2, -0.15) is 0 Å². The number of hydrogen-bond donors (Lipinski definition) is 1. The molecule has 1 unspecified atom stereocenters. The highest BCUT2D eigenvalue weighted by molar-refractivity contribution is 9.11. The molecule has 2 heterocycles. The number of anilines is 1.